The van der Waals surface area contributed by atoms with E-state index >= 15 is 0 Å². The van der Waals surface area contributed by atoms with Crippen molar-refractivity contribution in [3.63, 3.8) is 0 Å². The molecule has 2 N–H and O–H groups in total. The van der Waals surface area contributed by atoms with Gasteiger partial charge in [-0.05, 0) is 31.5 Å². The second-order valence-corrected chi connectivity index (χ2v) is 3.88. The summed E-state index contributed by atoms with van der Waals surface area (Å²) in [4.78, 5) is 11.8. The third-order valence-corrected chi connectivity index (χ3v) is 2.38. The van der Waals surface area contributed by atoms with Crippen LogP contribution < -0.4 is 10.5 Å². The molecular weight excluding hydrogens is 214 g/mol. The summed E-state index contributed by atoms with van der Waals surface area (Å²) in [6.07, 6.45) is 0. The van der Waals surface area contributed by atoms with Crippen molar-refractivity contribution in [2.75, 3.05) is 7.11 Å². The molecule has 0 bridgehead atoms. The smallest absolute Gasteiger partial charge is 0.184 e. The van der Waals surface area contributed by atoms with Gasteiger partial charge in [-0.25, -0.2) is 0 Å². The highest BCUT2D eigenvalue weighted by atomic mass is 35.5. The standard InChI is InChI=1S/C11H14ClNO2/c1-6-4-8(12)10(9(5-6)15-3)11(14)7(2)13/h4-5,7H,13H2,1-3H3. The molecule has 1 rings (SSSR count). The zero-order chi connectivity index (χ0) is 11.6. The molecule has 1 aromatic rings. The summed E-state index contributed by atoms with van der Waals surface area (Å²) in [5.41, 5.74) is 6.84. The van der Waals surface area contributed by atoms with Gasteiger partial charge in [-0.15, -0.1) is 0 Å². The van der Waals surface area contributed by atoms with Crippen LogP contribution in [0.2, 0.25) is 5.02 Å². The van der Waals surface area contributed by atoms with Gasteiger partial charge < -0.3 is 10.5 Å². The number of aryl methyl sites for hydroxylation is 1. The van der Waals surface area contributed by atoms with Crippen LogP contribution in [0.25, 0.3) is 0 Å². The lowest BCUT2D eigenvalue weighted by atomic mass is 10.0. The van der Waals surface area contributed by atoms with E-state index in [0.29, 0.717) is 16.3 Å². The van der Waals surface area contributed by atoms with Crippen molar-refractivity contribution in [1.82, 2.24) is 0 Å². The molecule has 0 aliphatic rings. The number of ketones is 1. The minimum absolute atomic E-state index is 0.211. The molecule has 0 aliphatic carbocycles. The summed E-state index contributed by atoms with van der Waals surface area (Å²) in [5, 5.41) is 0.383. The lowest BCUT2D eigenvalue weighted by Gasteiger charge is -2.12. The van der Waals surface area contributed by atoms with E-state index in [-0.39, 0.29) is 5.78 Å². The molecule has 0 aromatic heterocycles. The van der Waals surface area contributed by atoms with Crippen LogP contribution in [0.4, 0.5) is 0 Å². The number of ether oxygens (including phenoxy) is 1. The highest BCUT2D eigenvalue weighted by Crippen LogP contribution is 2.29. The molecule has 4 heteroatoms. The van der Waals surface area contributed by atoms with Crippen molar-refractivity contribution in [3.05, 3.63) is 28.3 Å². The highest BCUT2D eigenvalue weighted by Gasteiger charge is 2.19. The number of rotatable bonds is 3. The Morgan fingerprint density at radius 1 is 1.53 bits per heavy atom. The minimum atomic E-state index is -0.584. The predicted octanol–water partition coefficient (Wildman–Crippen LogP) is 2.19. The first-order valence-electron chi connectivity index (χ1n) is 4.61. The third-order valence-electron chi connectivity index (χ3n) is 2.08. The number of benzene rings is 1. The summed E-state index contributed by atoms with van der Waals surface area (Å²) in [5.74, 6) is 0.263. The second kappa shape index (κ2) is 4.64. The SMILES string of the molecule is COc1cc(C)cc(Cl)c1C(=O)C(C)N. The fourth-order valence-electron chi connectivity index (χ4n) is 1.34. The lowest BCUT2D eigenvalue weighted by molar-refractivity contribution is 0.0965. The summed E-state index contributed by atoms with van der Waals surface area (Å²) in [6, 6.07) is 2.90. The monoisotopic (exact) mass is 227 g/mol. The molecule has 0 fully saturated rings. The third kappa shape index (κ3) is 2.49. The van der Waals surface area contributed by atoms with E-state index in [0.717, 1.165) is 5.56 Å². The van der Waals surface area contributed by atoms with Crippen molar-refractivity contribution >= 4 is 17.4 Å². The lowest BCUT2D eigenvalue weighted by Crippen LogP contribution is -2.27. The number of carbonyl (C=O) groups excluding carboxylic acids is 1. The van der Waals surface area contributed by atoms with E-state index in [1.165, 1.54) is 7.11 Å². The van der Waals surface area contributed by atoms with Gasteiger partial charge in [0.2, 0.25) is 0 Å². The molecule has 0 spiro atoms. The van der Waals surface area contributed by atoms with Gasteiger partial charge in [0.05, 0.1) is 23.7 Å². The Morgan fingerprint density at radius 2 is 2.13 bits per heavy atom. The highest BCUT2D eigenvalue weighted by molar-refractivity contribution is 6.34. The Morgan fingerprint density at radius 3 is 2.60 bits per heavy atom. The number of hydrogen-bond donors (Lipinski definition) is 1. The molecule has 0 saturated heterocycles. The van der Waals surface area contributed by atoms with Crippen LogP contribution in [0.5, 0.6) is 5.75 Å². The number of carbonyl (C=O) groups is 1. The van der Waals surface area contributed by atoms with Crippen LogP contribution in [-0.4, -0.2) is 18.9 Å². The molecule has 1 unspecified atom stereocenters. The topological polar surface area (TPSA) is 52.3 Å². The fourth-order valence-corrected chi connectivity index (χ4v) is 1.70. The maximum atomic E-state index is 11.8. The Labute approximate surface area is 94.2 Å². The van der Waals surface area contributed by atoms with Gasteiger partial charge >= 0.3 is 0 Å². The van der Waals surface area contributed by atoms with Gasteiger partial charge in [-0.1, -0.05) is 11.6 Å². The van der Waals surface area contributed by atoms with Crippen LogP contribution in [0.1, 0.15) is 22.8 Å². The van der Waals surface area contributed by atoms with E-state index in [4.69, 9.17) is 22.1 Å². The molecule has 0 radical (unpaired) electrons. The second-order valence-electron chi connectivity index (χ2n) is 3.48. The summed E-state index contributed by atoms with van der Waals surface area (Å²) < 4.78 is 5.12. The van der Waals surface area contributed by atoms with Gasteiger partial charge in [0.15, 0.2) is 5.78 Å². The van der Waals surface area contributed by atoms with Crippen molar-refractivity contribution in [2.45, 2.75) is 19.9 Å². The molecule has 0 amide bonds. The quantitative estimate of drug-likeness (QED) is 0.806. The Hall–Kier alpha value is -1.06. The number of nitrogens with two attached hydrogens (primary N) is 1. The van der Waals surface area contributed by atoms with Crippen LogP contribution in [0.15, 0.2) is 12.1 Å². The van der Waals surface area contributed by atoms with Crippen molar-refractivity contribution < 1.29 is 9.53 Å². The molecule has 1 atom stereocenters. The van der Waals surface area contributed by atoms with Crippen LogP contribution >= 0.6 is 11.6 Å². The van der Waals surface area contributed by atoms with E-state index in [1.807, 2.05) is 6.92 Å². The average Bonchev–Trinajstić information content (AvgIpc) is 2.15. The van der Waals surface area contributed by atoms with E-state index in [9.17, 15) is 4.79 Å². The first-order chi connectivity index (χ1) is 6.97. The van der Waals surface area contributed by atoms with Gasteiger partial charge in [0, 0.05) is 0 Å². The normalized spacial score (nSPS) is 12.3. The van der Waals surface area contributed by atoms with Crippen LogP contribution in [-0.2, 0) is 0 Å². The largest absolute Gasteiger partial charge is 0.496 e. The minimum Gasteiger partial charge on any atom is -0.496 e. The number of hydrogen-bond acceptors (Lipinski definition) is 3. The zero-order valence-corrected chi connectivity index (χ0v) is 9.76. The maximum Gasteiger partial charge on any atom is 0.184 e. The summed E-state index contributed by atoms with van der Waals surface area (Å²) in [6.45, 7) is 3.51. The number of methoxy groups -OCH3 is 1. The first kappa shape index (κ1) is 12.0. The fraction of sp³-hybridized carbons (Fsp3) is 0.364. The average molecular weight is 228 g/mol. The maximum absolute atomic E-state index is 11.8. The number of halogens is 1. The molecule has 3 nitrogen and oxygen atoms in total. The predicted molar refractivity (Wildman–Crippen MR) is 60.7 cm³/mol. The molecule has 82 valence electrons. The summed E-state index contributed by atoms with van der Waals surface area (Å²) in [7, 11) is 1.50. The first-order valence-corrected chi connectivity index (χ1v) is 4.99. The Kier molecular flexibility index (Phi) is 3.72. The van der Waals surface area contributed by atoms with Crippen molar-refractivity contribution in [1.29, 1.82) is 0 Å². The van der Waals surface area contributed by atoms with Gasteiger partial charge in [-0.3, -0.25) is 4.79 Å². The van der Waals surface area contributed by atoms with Crippen LogP contribution in [0, 0.1) is 6.92 Å². The molecule has 1 aromatic carbocycles. The Bertz CT molecular complexity index is 388. The van der Waals surface area contributed by atoms with Crippen molar-refractivity contribution in [2.24, 2.45) is 5.73 Å². The van der Waals surface area contributed by atoms with Gasteiger partial charge in [0.1, 0.15) is 5.75 Å². The molecule has 0 heterocycles. The molecular formula is C11H14ClNO2. The number of Topliss-reactive ketones (excluding diaryl/α,β-unsaturated/α-hetero) is 1. The Balaban J connectivity index is 3.33. The summed E-state index contributed by atoms with van der Waals surface area (Å²) >= 11 is 6.00. The molecule has 0 saturated carbocycles. The molecule has 0 aliphatic heterocycles. The van der Waals surface area contributed by atoms with Gasteiger partial charge in [-0.2, -0.15) is 0 Å². The van der Waals surface area contributed by atoms with E-state index in [2.05, 4.69) is 0 Å². The van der Waals surface area contributed by atoms with E-state index < -0.39 is 6.04 Å². The zero-order valence-electron chi connectivity index (χ0n) is 9.00. The van der Waals surface area contributed by atoms with Crippen LogP contribution in [0.3, 0.4) is 0 Å². The van der Waals surface area contributed by atoms with Crippen molar-refractivity contribution in [3.8, 4) is 5.75 Å². The molecule has 15 heavy (non-hydrogen) atoms. The van der Waals surface area contributed by atoms with Gasteiger partial charge in [0.25, 0.3) is 0 Å². The van der Waals surface area contributed by atoms with E-state index in [1.54, 1.807) is 19.1 Å².